The van der Waals surface area contributed by atoms with Crippen molar-refractivity contribution in [2.75, 3.05) is 25.1 Å². The van der Waals surface area contributed by atoms with Crippen LogP contribution in [0.1, 0.15) is 46.0 Å². The van der Waals surface area contributed by atoms with Crippen molar-refractivity contribution in [1.82, 2.24) is 4.90 Å². The molecule has 1 saturated heterocycles. The Labute approximate surface area is 170 Å². The predicted molar refractivity (Wildman–Crippen MR) is 111 cm³/mol. The summed E-state index contributed by atoms with van der Waals surface area (Å²) in [5.41, 5.74) is 2.76. The molecule has 1 atom stereocenters. The fourth-order valence-electron chi connectivity index (χ4n) is 3.26. The summed E-state index contributed by atoms with van der Waals surface area (Å²) >= 11 is 0. The molecule has 1 fully saturated rings. The SMILES string of the molecule is Cc1ccc(C(=O)CCC(=O)Nc2cccc(C(=O)N3CCOCC3C)c2)cc1. The Balaban J connectivity index is 1.56. The molecule has 1 unspecified atom stereocenters. The Kier molecular flexibility index (Phi) is 6.77. The molecule has 1 aliphatic rings. The zero-order valence-corrected chi connectivity index (χ0v) is 16.8. The number of amides is 2. The Bertz CT molecular complexity index is 892. The van der Waals surface area contributed by atoms with Gasteiger partial charge in [-0.2, -0.15) is 0 Å². The van der Waals surface area contributed by atoms with E-state index in [2.05, 4.69) is 5.32 Å². The Morgan fingerprint density at radius 2 is 1.83 bits per heavy atom. The van der Waals surface area contributed by atoms with Crippen molar-refractivity contribution in [3.63, 3.8) is 0 Å². The molecule has 0 saturated carbocycles. The van der Waals surface area contributed by atoms with Crippen LogP contribution in [0.25, 0.3) is 0 Å². The maximum atomic E-state index is 12.8. The van der Waals surface area contributed by atoms with E-state index < -0.39 is 0 Å². The van der Waals surface area contributed by atoms with Gasteiger partial charge in [0, 0.05) is 36.2 Å². The number of carbonyl (C=O) groups excluding carboxylic acids is 3. The monoisotopic (exact) mass is 394 g/mol. The summed E-state index contributed by atoms with van der Waals surface area (Å²) in [7, 11) is 0. The van der Waals surface area contributed by atoms with Crippen molar-refractivity contribution in [2.24, 2.45) is 0 Å². The van der Waals surface area contributed by atoms with Gasteiger partial charge in [-0.05, 0) is 32.0 Å². The summed E-state index contributed by atoms with van der Waals surface area (Å²) in [6.07, 6.45) is 0.226. The highest BCUT2D eigenvalue weighted by Crippen LogP contribution is 2.17. The average Bonchev–Trinajstić information content (AvgIpc) is 2.72. The van der Waals surface area contributed by atoms with Crippen LogP contribution in [-0.4, -0.2) is 48.3 Å². The number of rotatable bonds is 6. The highest BCUT2D eigenvalue weighted by molar-refractivity contribution is 6.01. The van der Waals surface area contributed by atoms with E-state index in [0.717, 1.165) is 5.56 Å². The number of hydrogen-bond donors (Lipinski definition) is 1. The number of carbonyl (C=O) groups is 3. The smallest absolute Gasteiger partial charge is 0.254 e. The molecule has 1 N–H and O–H groups in total. The summed E-state index contributed by atoms with van der Waals surface area (Å²) in [6, 6.07) is 14.2. The highest BCUT2D eigenvalue weighted by Gasteiger charge is 2.24. The summed E-state index contributed by atoms with van der Waals surface area (Å²) in [5.74, 6) is -0.397. The van der Waals surface area contributed by atoms with Crippen LogP contribution in [0, 0.1) is 6.92 Å². The third-order valence-corrected chi connectivity index (χ3v) is 4.97. The van der Waals surface area contributed by atoms with Gasteiger partial charge in [0.15, 0.2) is 5.78 Å². The Morgan fingerprint density at radius 3 is 2.55 bits per heavy atom. The molecule has 6 heteroatoms. The molecule has 6 nitrogen and oxygen atoms in total. The van der Waals surface area contributed by atoms with E-state index >= 15 is 0 Å². The van der Waals surface area contributed by atoms with Crippen LogP contribution in [0.5, 0.6) is 0 Å². The first-order chi connectivity index (χ1) is 13.9. The lowest BCUT2D eigenvalue weighted by atomic mass is 10.0. The fraction of sp³-hybridized carbons (Fsp3) is 0.348. The van der Waals surface area contributed by atoms with Crippen molar-refractivity contribution < 1.29 is 19.1 Å². The minimum atomic E-state index is -0.255. The van der Waals surface area contributed by atoms with Crippen LogP contribution in [0.15, 0.2) is 48.5 Å². The summed E-state index contributed by atoms with van der Waals surface area (Å²) in [4.78, 5) is 39.0. The fourth-order valence-corrected chi connectivity index (χ4v) is 3.26. The maximum Gasteiger partial charge on any atom is 0.254 e. The van der Waals surface area contributed by atoms with Crippen molar-refractivity contribution in [1.29, 1.82) is 0 Å². The quantitative estimate of drug-likeness (QED) is 0.762. The van der Waals surface area contributed by atoms with Crippen LogP contribution in [-0.2, 0) is 9.53 Å². The number of morpholine rings is 1. The predicted octanol–water partition coefficient (Wildman–Crippen LogP) is 3.46. The lowest BCUT2D eigenvalue weighted by Gasteiger charge is -2.33. The van der Waals surface area contributed by atoms with Gasteiger partial charge in [-0.15, -0.1) is 0 Å². The van der Waals surface area contributed by atoms with E-state index in [9.17, 15) is 14.4 Å². The number of hydrogen-bond acceptors (Lipinski definition) is 4. The summed E-state index contributed by atoms with van der Waals surface area (Å²) < 4.78 is 5.38. The molecule has 2 amide bonds. The van der Waals surface area contributed by atoms with Gasteiger partial charge in [-0.3, -0.25) is 14.4 Å². The van der Waals surface area contributed by atoms with Gasteiger partial charge in [0.1, 0.15) is 0 Å². The van der Waals surface area contributed by atoms with Gasteiger partial charge in [0.05, 0.1) is 19.3 Å². The number of Topliss-reactive ketones (excluding diaryl/α,β-unsaturated/α-hetero) is 1. The van der Waals surface area contributed by atoms with Crippen LogP contribution >= 0.6 is 0 Å². The Hall–Kier alpha value is -2.99. The second-order valence-electron chi connectivity index (χ2n) is 7.34. The number of benzene rings is 2. The molecule has 0 aromatic heterocycles. The minimum absolute atomic E-state index is 0.0160. The lowest BCUT2D eigenvalue weighted by molar-refractivity contribution is -0.116. The minimum Gasteiger partial charge on any atom is -0.377 e. The molecule has 0 spiro atoms. The van der Waals surface area contributed by atoms with Crippen molar-refractivity contribution in [3.8, 4) is 0 Å². The molecule has 0 aliphatic carbocycles. The molecule has 0 bridgehead atoms. The van der Waals surface area contributed by atoms with Crippen molar-refractivity contribution in [3.05, 3.63) is 65.2 Å². The molecular formula is C23H26N2O4. The molecular weight excluding hydrogens is 368 g/mol. The zero-order chi connectivity index (χ0) is 20.8. The van der Waals surface area contributed by atoms with Crippen molar-refractivity contribution >= 4 is 23.3 Å². The van der Waals surface area contributed by atoms with Crippen molar-refractivity contribution in [2.45, 2.75) is 32.7 Å². The van der Waals surface area contributed by atoms with E-state index in [1.165, 1.54) is 0 Å². The van der Waals surface area contributed by atoms with Crippen LogP contribution < -0.4 is 5.32 Å². The third kappa shape index (κ3) is 5.51. The normalized spacial score (nSPS) is 16.3. The molecule has 2 aromatic carbocycles. The van der Waals surface area contributed by atoms with Gasteiger partial charge >= 0.3 is 0 Å². The van der Waals surface area contributed by atoms with E-state index in [-0.39, 0.29) is 36.5 Å². The van der Waals surface area contributed by atoms with Crippen LogP contribution in [0.2, 0.25) is 0 Å². The first kappa shape index (κ1) is 20.7. The van der Waals surface area contributed by atoms with E-state index in [1.807, 2.05) is 26.0 Å². The number of ketones is 1. The van der Waals surface area contributed by atoms with Gasteiger partial charge in [-0.1, -0.05) is 35.9 Å². The van der Waals surface area contributed by atoms with E-state index in [0.29, 0.717) is 36.6 Å². The number of nitrogens with zero attached hydrogens (tertiary/aromatic N) is 1. The number of aryl methyl sites for hydroxylation is 1. The van der Waals surface area contributed by atoms with E-state index in [1.54, 1.807) is 41.3 Å². The van der Waals surface area contributed by atoms with Crippen LogP contribution in [0.3, 0.4) is 0 Å². The van der Waals surface area contributed by atoms with Gasteiger partial charge in [0.25, 0.3) is 5.91 Å². The average molecular weight is 394 g/mol. The maximum absolute atomic E-state index is 12.8. The molecule has 29 heavy (non-hydrogen) atoms. The first-order valence-electron chi connectivity index (χ1n) is 9.82. The molecule has 152 valence electrons. The van der Waals surface area contributed by atoms with Crippen LogP contribution in [0.4, 0.5) is 5.69 Å². The molecule has 1 heterocycles. The number of ether oxygens (including phenoxy) is 1. The van der Waals surface area contributed by atoms with E-state index in [4.69, 9.17) is 4.74 Å². The summed E-state index contributed by atoms with van der Waals surface area (Å²) in [6.45, 7) is 5.52. The molecule has 3 rings (SSSR count). The summed E-state index contributed by atoms with van der Waals surface area (Å²) in [5, 5.41) is 2.78. The number of nitrogens with one attached hydrogen (secondary N) is 1. The van der Waals surface area contributed by atoms with Gasteiger partial charge < -0.3 is 15.0 Å². The first-order valence-corrected chi connectivity index (χ1v) is 9.82. The molecule has 0 radical (unpaired) electrons. The largest absolute Gasteiger partial charge is 0.377 e. The third-order valence-electron chi connectivity index (χ3n) is 4.97. The number of anilines is 1. The second-order valence-corrected chi connectivity index (χ2v) is 7.34. The lowest BCUT2D eigenvalue weighted by Crippen LogP contribution is -2.47. The standard InChI is InChI=1S/C23H26N2O4/c1-16-6-8-18(9-7-16)21(26)10-11-22(27)24-20-5-3-4-19(14-20)23(28)25-12-13-29-15-17(25)2/h3-9,14,17H,10-13,15H2,1-2H3,(H,24,27). The zero-order valence-electron chi connectivity index (χ0n) is 16.8. The second kappa shape index (κ2) is 9.47. The van der Waals surface area contributed by atoms with Gasteiger partial charge in [0.2, 0.25) is 5.91 Å². The molecule has 2 aromatic rings. The topological polar surface area (TPSA) is 75.7 Å². The highest BCUT2D eigenvalue weighted by atomic mass is 16.5. The Morgan fingerprint density at radius 1 is 1.07 bits per heavy atom. The van der Waals surface area contributed by atoms with Gasteiger partial charge in [-0.25, -0.2) is 0 Å². The molecule has 1 aliphatic heterocycles.